The van der Waals surface area contributed by atoms with E-state index in [1.54, 1.807) is 18.2 Å². The van der Waals surface area contributed by atoms with Gasteiger partial charge in [0.25, 0.3) is 0 Å². The number of hydrogen-bond donors (Lipinski definition) is 2. The Bertz CT molecular complexity index is 721. The van der Waals surface area contributed by atoms with Gasteiger partial charge in [-0.05, 0) is 57.0 Å². The fourth-order valence-electron chi connectivity index (χ4n) is 3.37. The van der Waals surface area contributed by atoms with Gasteiger partial charge in [-0.3, -0.25) is 0 Å². The highest BCUT2D eigenvalue weighted by atomic mass is 32.1. The van der Waals surface area contributed by atoms with Crippen LogP contribution in [0, 0.1) is 9.77 Å². The summed E-state index contributed by atoms with van der Waals surface area (Å²) in [5, 5.41) is 8.24. The Morgan fingerprint density at radius 2 is 2.08 bits per heavy atom. The van der Waals surface area contributed by atoms with Crippen molar-refractivity contribution in [2.45, 2.75) is 51.7 Å². The average Bonchev–Trinajstić information content (AvgIpc) is 2.95. The average molecular weight is 368 g/mol. The van der Waals surface area contributed by atoms with E-state index in [-0.39, 0.29) is 5.82 Å². The Kier molecular flexibility index (Phi) is 5.97. The van der Waals surface area contributed by atoms with Gasteiger partial charge in [-0.1, -0.05) is 29.9 Å². The predicted octanol–water partition coefficient (Wildman–Crippen LogP) is 3.75. The van der Waals surface area contributed by atoms with Gasteiger partial charge in [0.1, 0.15) is 5.82 Å². The van der Waals surface area contributed by atoms with Gasteiger partial charge in [0.05, 0.1) is 18.3 Å². The Labute approximate surface area is 151 Å². The van der Waals surface area contributed by atoms with Crippen LogP contribution in [-0.2, 0) is 6.67 Å². The zero-order valence-corrected chi connectivity index (χ0v) is 15.6. The molecule has 0 aliphatic heterocycles. The summed E-state index contributed by atoms with van der Waals surface area (Å²) in [6.45, 7) is 4.08. The van der Waals surface area contributed by atoms with E-state index in [0.717, 1.165) is 17.2 Å². The topological polar surface area (TPSA) is 34.3 Å². The highest BCUT2D eigenvalue weighted by Crippen LogP contribution is 2.22. The number of rotatable bonds is 6. The van der Waals surface area contributed by atoms with Crippen LogP contribution in [0.15, 0.2) is 24.3 Å². The summed E-state index contributed by atoms with van der Waals surface area (Å²) in [6, 6.07) is 7.32. The van der Waals surface area contributed by atoms with E-state index >= 15 is 0 Å². The van der Waals surface area contributed by atoms with Crippen molar-refractivity contribution < 1.29 is 9.29 Å². The smallest absolute Gasteiger partial charge is 0.209 e. The van der Waals surface area contributed by atoms with Crippen LogP contribution >= 0.6 is 23.6 Å². The maximum Gasteiger partial charge on any atom is 0.209 e. The number of benzene rings is 1. The molecule has 3 rings (SSSR count). The molecule has 1 fully saturated rings. The van der Waals surface area contributed by atoms with Crippen molar-refractivity contribution in [1.29, 1.82) is 0 Å². The third-order valence-electron chi connectivity index (χ3n) is 4.71. The first-order chi connectivity index (χ1) is 11.7. The highest BCUT2D eigenvalue weighted by molar-refractivity contribution is 7.73. The minimum absolute atomic E-state index is 0.284. The van der Waals surface area contributed by atoms with Crippen LogP contribution in [0.4, 0.5) is 15.2 Å². The highest BCUT2D eigenvalue weighted by Gasteiger charge is 2.24. The first-order valence-electron chi connectivity index (χ1n) is 8.61. The summed E-state index contributed by atoms with van der Waals surface area (Å²) in [6.07, 6.45) is 6.61. The van der Waals surface area contributed by atoms with Crippen molar-refractivity contribution in [3.05, 3.63) is 34.0 Å². The van der Waals surface area contributed by atoms with Crippen LogP contribution in [0.5, 0.6) is 0 Å². The van der Waals surface area contributed by atoms with Crippen LogP contribution < -0.4 is 10.2 Å². The molecule has 24 heavy (non-hydrogen) atoms. The zero-order valence-electron chi connectivity index (χ0n) is 13.9. The quantitative estimate of drug-likeness (QED) is 0.763. The molecule has 2 aromatic rings. The Morgan fingerprint density at radius 3 is 2.79 bits per heavy atom. The molecule has 0 bridgehead atoms. The molecule has 1 aromatic heterocycles. The van der Waals surface area contributed by atoms with Crippen molar-refractivity contribution in [3.63, 3.8) is 0 Å². The lowest BCUT2D eigenvalue weighted by Crippen LogP contribution is -3.15. The van der Waals surface area contributed by atoms with E-state index in [1.165, 1.54) is 54.4 Å². The normalized spacial score (nSPS) is 16.9. The number of halogens is 1. The maximum atomic E-state index is 13.8. The first kappa shape index (κ1) is 17.5. The number of nitrogens with zero attached hydrogens (tertiary/aromatic N) is 2. The van der Waals surface area contributed by atoms with Gasteiger partial charge in [0.15, 0.2) is 10.6 Å². The van der Waals surface area contributed by atoms with E-state index in [9.17, 15) is 4.39 Å². The molecular weight excluding hydrogens is 343 g/mol. The number of aromatic nitrogens is 2. The van der Waals surface area contributed by atoms with Crippen LogP contribution in [0.1, 0.15) is 39.0 Å². The van der Waals surface area contributed by atoms with Gasteiger partial charge in [-0.15, -0.1) is 5.10 Å². The molecule has 1 aliphatic carbocycles. The molecule has 0 saturated heterocycles. The number of nitrogens with one attached hydrogen (secondary N) is 2. The van der Waals surface area contributed by atoms with Gasteiger partial charge >= 0.3 is 0 Å². The Hall–Kier alpha value is -1.31. The lowest BCUT2D eigenvalue weighted by molar-refractivity contribution is -0.947. The van der Waals surface area contributed by atoms with Crippen molar-refractivity contribution in [1.82, 2.24) is 9.78 Å². The molecule has 1 atom stereocenters. The molecule has 130 valence electrons. The van der Waals surface area contributed by atoms with Crippen molar-refractivity contribution >= 4 is 34.4 Å². The summed E-state index contributed by atoms with van der Waals surface area (Å²) in [5.74, 6) is -0.284. The second-order valence-electron chi connectivity index (χ2n) is 6.28. The Morgan fingerprint density at radius 1 is 1.33 bits per heavy atom. The van der Waals surface area contributed by atoms with Gasteiger partial charge in [-0.25, -0.2) is 4.39 Å². The molecule has 1 aliphatic rings. The van der Waals surface area contributed by atoms with E-state index in [0.29, 0.717) is 16.9 Å². The minimum Gasteiger partial charge on any atom is -0.328 e. The largest absolute Gasteiger partial charge is 0.328 e. The first-order valence-corrected chi connectivity index (χ1v) is 9.84. The number of anilines is 2. The van der Waals surface area contributed by atoms with Gasteiger partial charge in [0.2, 0.25) is 5.13 Å². The third kappa shape index (κ3) is 4.20. The van der Waals surface area contributed by atoms with Crippen LogP contribution in [-0.4, -0.2) is 22.4 Å². The number of hydrogen-bond acceptors (Lipinski definition) is 4. The number of para-hydroxylation sites is 1. The molecule has 2 N–H and O–H groups in total. The van der Waals surface area contributed by atoms with E-state index in [1.807, 2.05) is 4.68 Å². The molecule has 1 aromatic carbocycles. The lowest BCUT2D eigenvalue weighted by atomic mass is 9.94. The number of quaternary nitrogens is 1. The molecule has 7 heteroatoms. The second kappa shape index (κ2) is 8.18. The Balaban J connectivity index is 1.71. The SMILES string of the molecule is CC[NH+](Cn1nc(Nc2ccccc2F)sc1=S)C1CCCCC1. The van der Waals surface area contributed by atoms with Crippen molar-refractivity contribution in [2.75, 3.05) is 11.9 Å². The van der Waals surface area contributed by atoms with Crippen LogP contribution in [0.25, 0.3) is 0 Å². The molecule has 4 nitrogen and oxygen atoms in total. The standard InChI is InChI=1S/C17H23FN4S2/c1-2-21(13-8-4-3-5-9-13)12-22-17(23)24-16(20-22)19-15-11-7-6-10-14(15)18/h6-7,10-11,13H,2-5,8-9,12H2,1H3,(H,19,20)/p+1. The fourth-order valence-corrected chi connectivity index (χ4v) is 4.39. The molecule has 1 heterocycles. The van der Waals surface area contributed by atoms with E-state index in [2.05, 4.69) is 17.3 Å². The molecule has 1 unspecified atom stereocenters. The summed E-state index contributed by atoms with van der Waals surface area (Å²) in [4.78, 5) is 1.54. The summed E-state index contributed by atoms with van der Waals surface area (Å²) in [7, 11) is 0. The van der Waals surface area contributed by atoms with Crippen molar-refractivity contribution in [2.24, 2.45) is 0 Å². The summed E-state index contributed by atoms with van der Waals surface area (Å²) in [5.41, 5.74) is 0.431. The minimum atomic E-state index is -0.284. The fraction of sp³-hybridized carbons (Fsp3) is 0.529. The molecular formula is C17H24FN4S2+. The molecule has 0 radical (unpaired) electrons. The lowest BCUT2D eigenvalue weighted by Gasteiger charge is -2.30. The van der Waals surface area contributed by atoms with Crippen LogP contribution in [0.3, 0.4) is 0 Å². The van der Waals surface area contributed by atoms with Crippen molar-refractivity contribution in [3.8, 4) is 0 Å². The molecule has 0 amide bonds. The monoisotopic (exact) mass is 367 g/mol. The molecule has 0 spiro atoms. The van der Waals surface area contributed by atoms with Gasteiger partial charge in [-0.2, -0.15) is 4.68 Å². The third-order valence-corrected chi connectivity index (χ3v) is 5.93. The molecule has 1 saturated carbocycles. The van der Waals surface area contributed by atoms with Gasteiger partial charge in [0, 0.05) is 0 Å². The summed E-state index contributed by atoms with van der Waals surface area (Å²) >= 11 is 6.85. The van der Waals surface area contributed by atoms with E-state index < -0.39 is 0 Å². The predicted molar refractivity (Wildman–Crippen MR) is 99.0 cm³/mol. The second-order valence-corrected chi connectivity index (χ2v) is 7.90. The van der Waals surface area contributed by atoms with E-state index in [4.69, 9.17) is 12.2 Å². The van der Waals surface area contributed by atoms with Gasteiger partial charge < -0.3 is 10.2 Å². The van der Waals surface area contributed by atoms with Crippen LogP contribution in [0.2, 0.25) is 0 Å². The zero-order chi connectivity index (χ0) is 16.9. The summed E-state index contributed by atoms with van der Waals surface area (Å²) < 4.78 is 16.4. The maximum absolute atomic E-state index is 13.8.